The highest BCUT2D eigenvalue weighted by atomic mass is 79.9. The van der Waals surface area contributed by atoms with E-state index in [9.17, 15) is 5.11 Å². The van der Waals surface area contributed by atoms with Gasteiger partial charge in [-0.2, -0.15) is 0 Å². The van der Waals surface area contributed by atoms with E-state index in [1.54, 1.807) is 11.3 Å². The molecule has 2 aromatic heterocycles. The van der Waals surface area contributed by atoms with E-state index < -0.39 is 6.10 Å². The third kappa shape index (κ3) is 2.63. The summed E-state index contributed by atoms with van der Waals surface area (Å²) in [5, 5.41) is 13.9. The molecule has 1 unspecified atom stereocenters. The standard InChI is InChI=1S/C9H9BrN2OS2/c1-5-9(15-12-11-5)7(13)4-6-2-3-8(10)14-6/h2-3,7,13H,4H2,1H3. The first-order valence-corrected chi connectivity index (χ1v) is 6.76. The summed E-state index contributed by atoms with van der Waals surface area (Å²) in [5.74, 6) is 0. The van der Waals surface area contributed by atoms with Crippen molar-refractivity contribution in [2.75, 3.05) is 0 Å². The number of aliphatic hydroxyl groups is 1. The van der Waals surface area contributed by atoms with E-state index in [1.807, 2.05) is 19.1 Å². The minimum Gasteiger partial charge on any atom is -0.387 e. The molecular formula is C9H9BrN2OS2. The van der Waals surface area contributed by atoms with E-state index in [4.69, 9.17) is 0 Å². The molecule has 0 radical (unpaired) electrons. The molecule has 2 aromatic rings. The Morgan fingerprint density at radius 3 is 2.87 bits per heavy atom. The Bertz CT molecular complexity index is 454. The lowest BCUT2D eigenvalue weighted by molar-refractivity contribution is 0.182. The number of thiophene rings is 1. The Morgan fingerprint density at radius 2 is 2.33 bits per heavy atom. The molecule has 80 valence electrons. The molecular weight excluding hydrogens is 296 g/mol. The molecule has 1 atom stereocenters. The van der Waals surface area contributed by atoms with Crippen molar-refractivity contribution in [2.45, 2.75) is 19.4 Å². The Labute approximate surface area is 104 Å². The highest BCUT2D eigenvalue weighted by Gasteiger charge is 2.15. The molecule has 3 nitrogen and oxygen atoms in total. The van der Waals surface area contributed by atoms with Crippen molar-refractivity contribution < 1.29 is 5.11 Å². The summed E-state index contributed by atoms with van der Waals surface area (Å²) in [5.41, 5.74) is 0.822. The van der Waals surface area contributed by atoms with E-state index in [1.165, 1.54) is 11.5 Å². The molecule has 6 heteroatoms. The number of aromatic nitrogens is 2. The molecule has 2 heterocycles. The van der Waals surface area contributed by atoms with E-state index >= 15 is 0 Å². The Morgan fingerprint density at radius 1 is 1.53 bits per heavy atom. The molecule has 1 N–H and O–H groups in total. The zero-order valence-electron chi connectivity index (χ0n) is 7.98. The molecule has 0 aliphatic carbocycles. The summed E-state index contributed by atoms with van der Waals surface area (Å²) >= 11 is 6.31. The van der Waals surface area contributed by atoms with Gasteiger partial charge in [0.1, 0.15) is 0 Å². The molecule has 0 aliphatic heterocycles. The van der Waals surface area contributed by atoms with Gasteiger partial charge in [-0.15, -0.1) is 16.4 Å². The van der Waals surface area contributed by atoms with Crippen LogP contribution in [0.25, 0.3) is 0 Å². The van der Waals surface area contributed by atoms with Gasteiger partial charge in [0.25, 0.3) is 0 Å². The summed E-state index contributed by atoms with van der Waals surface area (Å²) < 4.78 is 4.90. The summed E-state index contributed by atoms with van der Waals surface area (Å²) in [7, 11) is 0. The van der Waals surface area contributed by atoms with Crippen LogP contribution in [-0.2, 0) is 6.42 Å². The third-order valence-corrected chi connectivity index (χ3v) is 4.59. The molecule has 0 aliphatic rings. The number of hydrogen-bond donors (Lipinski definition) is 1. The average Bonchev–Trinajstić information content (AvgIpc) is 2.75. The quantitative estimate of drug-likeness (QED) is 0.948. The zero-order valence-corrected chi connectivity index (χ0v) is 11.2. The van der Waals surface area contributed by atoms with Gasteiger partial charge in [-0.3, -0.25) is 0 Å². The number of nitrogens with zero attached hydrogens (tertiary/aromatic N) is 2. The monoisotopic (exact) mass is 304 g/mol. The minimum absolute atomic E-state index is 0.490. The number of hydrogen-bond acceptors (Lipinski definition) is 5. The predicted octanol–water partition coefficient (Wildman–Crippen LogP) is 2.95. The molecule has 0 fully saturated rings. The highest BCUT2D eigenvalue weighted by Crippen LogP contribution is 2.28. The van der Waals surface area contributed by atoms with Crippen molar-refractivity contribution in [3.05, 3.63) is 31.4 Å². The van der Waals surface area contributed by atoms with E-state index in [2.05, 4.69) is 25.5 Å². The maximum Gasteiger partial charge on any atom is 0.0965 e. The predicted molar refractivity (Wildman–Crippen MR) is 65.3 cm³/mol. The first-order chi connectivity index (χ1) is 7.16. The fourth-order valence-corrected chi connectivity index (χ4v) is 3.44. The molecule has 2 rings (SSSR count). The first-order valence-electron chi connectivity index (χ1n) is 4.38. The number of aryl methyl sites for hydroxylation is 1. The largest absolute Gasteiger partial charge is 0.387 e. The third-order valence-electron chi connectivity index (χ3n) is 2.01. The van der Waals surface area contributed by atoms with Crippen LogP contribution < -0.4 is 0 Å². The second-order valence-corrected chi connectivity index (χ2v) is 6.48. The summed E-state index contributed by atoms with van der Waals surface area (Å²) in [6.07, 6.45) is 0.136. The lowest BCUT2D eigenvalue weighted by atomic mass is 10.2. The fraction of sp³-hybridized carbons (Fsp3) is 0.333. The van der Waals surface area contributed by atoms with Gasteiger partial charge in [0.2, 0.25) is 0 Å². The Hall–Kier alpha value is -0.300. The van der Waals surface area contributed by atoms with Crippen LogP contribution in [0.1, 0.15) is 21.6 Å². The maximum atomic E-state index is 9.97. The SMILES string of the molecule is Cc1nnsc1C(O)Cc1ccc(Br)s1. The average molecular weight is 305 g/mol. The lowest BCUT2D eigenvalue weighted by Crippen LogP contribution is -1.99. The number of aliphatic hydroxyl groups excluding tert-OH is 1. The molecule has 0 amide bonds. The highest BCUT2D eigenvalue weighted by molar-refractivity contribution is 9.11. The van der Waals surface area contributed by atoms with Crippen LogP contribution in [0.15, 0.2) is 15.9 Å². The van der Waals surface area contributed by atoms with Crippen LogP contribution in [0.5, 0.6) is 0 Å². The molecule has 0 spiro atoms. The van der Waals surface area contributed by atoms with Gasteiger partial charge in [-0.25, -0.2) is 0 Å². The lowest BCUT2D eigenvalue weighted by Gasteiger charge is -2.06. The zero-order chi connectivity index (χ0) is 10.8. The van der Waals surface area contributed by atoms with E-state index in [-0.39, 0.29) is 0 Å². The van der Waals surface area contributed by atoms with Crippen molar-refractivity contribution in [2.24, 2.45) is 0 Å². The topological polar surface area (TPSA) is 46.0 Å². The van der Waals surface area contributed by atoms with Gasteiger partial charge in [-0.05, 0) is 46.5 Å². The van der Waals surface area contributed by atoms with Crippen molar-refractivity contribution in [3.8, 4) is 0 Å². The van der Waals surface area contributed by atoms with Crippen LogP contribution in [0.2, 0.25) is 0 Å². The first kappa shape index (κ1) is 11.2. The summed E-state index contributed by atoms with van der Waals surface area (Å²) in [4.78, 5) is 2.02. The van der Waals surface area contributed by atoms with Crippen LogP contribution in [0.3, 0.4) is 0 Å². The molecule has 0 aromatic carbocycles. The van der Waals surface area contributed by atoms with Crippen LogP contribution in [0, 0.1) is 6.92 Å². The number of halogens is 1. The van der Waals surface area contributed by atoms with Crippen molar-refractivity contribution in [3.63, 3.8) is 0 Å². The van der Waals surface area contributed by atoms with Gasteiger partial charge in [-0.1, -0.05) is 4.49 Å². The van der Waals surface area contributed by atoms with Crippen molar-refractivity contribution in [1.82, 2.24) is 9.59 Å². The van der Waals surface area contributed by atoms with E-state index in [0.717, 1.165) is 19.2 Å². The summed E-state index contributed by atoms with van der Waals surface area (Å²) in [6, 6.07) is 4.01. The maximum absolute atomic E-state index is 9.97. The minimum atomic E-state index is -0.490. The van der Waals surface area contributed by atoms with Crippen LogP contribution in [-0.4, -0.2) is 14.7 Å². The van der Waals surface area contributed by atoms with Gasteiger partial charge in [0.05, 0.1) is 20.5 Å². The Kier molecular flexibility index (Phi) is 3.50. The van der Waals surface area contributed by atoms with Crippen molar-refractivity contribution in [1.29, 1.82) is 0 Å². The molecule has 15 heavy (non-hydrogen) atoms. The van der Waals surface area contributed by atoms with Crippen LogP contribution in [0.4, 0.5) is 0 Å². The van der Waals surface area contributed by atoms with Crippen molar-refractivity contribution >= 4 is 38.8 Å². The molecule has 0 saturated heterocycles. The second kappa shape index (κ2) is 4.69. The van der Waals surface area contributed by atoms with Gasteiger partial charge < -0.3 is 5.11 Å². The van der Waals surface area contributed by atoms with Gasteiger partial charge in [0, 0.05) is 11.3 Å². The Balaban J connectivity index is 2.10. The smallest absolute Gasteiger partial charge is 0.0965 e. The second-order valence-electron chi connectivity index (χ2n) is 3.15. The van der Waals surface area contributed by atoms with Gasteiger partial charge >= 0.3 is 0 Å². The normalized spacial score (nSPS) is 13.0. The molecule has 0 bridgehead atoms. The van der Waals surface area contributed by atoms with Crippen LogP contribution >= 0.6 is 38.8 Å². The van der Waals surface area contributed by atoms with Gasteiger partial charge in [0.15, 0.2) is 0 Å². The fourth-order valence-electron chi connectivity index (χ4n) is 1.29. The molecule has 0 saturated carbocycles. The summed E-state index contributed by atoms with van der Waals surface area (Å²) in [6.45, 7) is 1.87. The van der Waals surface area contributed by atoms with E-state index in [0.29, 0.717) is 6.42 Å². The number of rotatable bonds is 3.